The van der Waals surface area contributed by atoms with E-state index in [-0.39, 0.29) is 10.7 Å². The van der Waals surface area contributed by atoms with Crippen LogP contribution in [0.3, 0.4) is 0 Å². The first-order chi connectivity index (χ1) is 12.4. The number of carbonyl (C=O) groups excluding carboxylic acids is 2. The maximum absolute atomic E-state index is 13.5. The molecule has 1 heterocycles. The molecule has 2 aromatic rings. The minimum absolute atomic E-state index is 0.0426. The highest BCUT2D eigenvalue weighted by Gasteiger charge is 2.40. The van der Waals surface area contributed by atoms with Gasteiger partial charge in [-0.05, 0) is 39.0 Å². The van der Waals surface area contributed by atoms with Crippen LogP contribution in [-0.2, 0) is 15.7 Å². The predicted octanol–water partition coefficient (Wildman–Crippen LogP) is 3.62. The molecular formula is C17H17ClF3N3O3. The average Bonchev–Trinajstić information content (AvgIpc) is 2.96. The molecule has 0 saturated heterocycles. The maximum Gasteiger partial charge on any atom is 0.434 e. The Morgan fingerprint density at radius 1 is 1.26 bits per heavy atom. The maximum atomic E-state index is 13.5. The lowest BCUT2D eigenvalue weighted by Crippen LogP contribution is -2.35. The summed E-state index contributed by atoms with van der Waals surface area (Å²) in [6, 6.07) is 5.61. The van der Waals surface area contributed by atoms with Crippen LogP contribution in [0.5, 0.6) is 0 Å². The van der Waals surface area contributed by atoms with Crippen LogP contribution >= 0.6 is 11.6 Å². The Balaban J connectivity index is 2.29. The summed E-state index contributed by atoms with van der Waals surface area (Å²) in [6.45, 7) is 4.31. The monoisotopic (exact) mass is 403 g/mol. The Morgan fingerprint density at radius 2 is 1.93 bits per heavy atom. The van der Waals surface area contributed by atoms with Crippen molar-refractivity contribution in [2.45, 2.75) is 32.5 Å². The number of hydrogen-bond donors (Lipinski definition) is 1. The van der Waals surface area contributed by atoms with E-state index in [9.17, 15) is 22.8 Å². The molecule has 27 heavy (non-hydrogen) atoms. The second-order valence-electron chi connectivity index (χ2n) is 6.57. The Labute approximate surface area is 158 Å². The van der Waals surface area contributed by atoms with E-state index in [1.54, 1.807) is 20.8 Å². The molecule has 0 aliphatic rings. The van der Waals surface area contributed by atoms with E-state index in [2.05, 4.69) is 10.4 Å². The number of hydrogen-bond acceptors (Lipinski definition) is 4. The average molecular weight is 404 g/mol. The summed E-state index contributed by atoms with van der Waals surface area (Å²) >= 11 is 5.81. The van der Waals surface area contributed by atoms with Gasteiger partial charge in [-0.1, -0.05) is 17.7 Å². The number of benzene rings is 1. The lowest BCUT2D eigenvalue weighted by atomic mass is 10.2. The molecule has 0 saturated carbocycles. The summed E-state index contributed by atoms with van der Waals surface area (Å²) < 4.78 is 46.2. The number of esters is 1. The molecule has 0 aliphatic carbocycles. The topological polar surface area (TPSA) is 73.2 Å². The van der Waals surface area contributed by atoms with Crippen LogP contribution < -0.4 is 5.32 Å². The van der Waals surface area contributed by atoms with Gasteiger partial charge in [0.15, 0.2) is 5.69 Å². The van der Waals surface area contributed by atoms with E-state index in [0.717, 1.165) is 6.20 Å². The quantitative estimate of drug-likeness (QED) is 0.791. The Hall–Kier alpha value is -2.55. The van der Waals surface area contributed by atoms with Crippen LogP contribution in [0, 0.1) is 0 Å². The highest BCUT2D eigenvalue weighted by molar-refractivity contribution is 6.30. The van der Waals surface area contributed by atoms with Crippen molar-refractivity contribution in [2.24, 2.45) is 0 Å². The number of ether oxygens (including phenoxy) is 1. The van der Waals surface area contributed by atoms with Crippen LogP contribution in [0.2, 0.25) is 5.02 Å². The zero-order valence-corrected chi connectivity index (χ0v) is 15.5. The van der Waals surface area contributed by atoms with Crippen molar-refractivity contribution in [3.63, 3.8) is 0 Å². The molecule has 2 rings (SSSR count). The summed E-state index contributed by atoms with van der Waals surface area (Å²) in [7, 11) is 0. The van der Waals surface area contributed by atoms with Gasteiger partial charge in [-0.3, -0.25) is 9.59 Å². The van der Waals surface area contributed by atoms with E-state index >= 15 is 0 Å². The fraction of sp³-hybridized carbons (Fsp3) is 0.353. The first-order valence-corrected chi connectivity index (χ1v) is 8.17. The van der Waals surface area contributed by atoms with Gasteiger partial charge in [0.1, 0.15) is 12.1 Å². The zero-order valence-electron chi connectivity index (χ0n) is 14.7. The van der Waals surface area contributed by atoms with E-state index in [4.69, 9.17) is 16.3 Å². The highest BCUT2D eigenvalue weighted by Crippen LogP contribution is 2.34. The Kier molecular flexibility index (Phi) is 5.84. The highest BCUT2D eigenvalue weighted by atomic mass is 35.5. The minimum Gasteiger partial charge on any atom is -0.459 e. The molecule has 0 radical (unpaired) electrons. The molecule has 0 aliphatic heterocycles. The van der Waals surface area contributed by atoms with Crippen LogP contribution in [0.1, 0.15) is 36.8 Å². The van der Waals surface area contributed by atoms with Crippen molar-refractivity contribution >= 4 is 23.5 Å². The van der Waals surface area contributed by atoms with Crippen molar-refractivity contribution in [3.05, 3.63) is 46.7 Å². The van der Waals surface area contributed by atoms with Crippen LogP contribution in [-0.4, -0.2) is 33.8 Å². The number of rotatable bonds is 4. The van der Waals surface area contributed by atoms with Crippen LogP contribution in [0.15, 0.2) is 30.5 Å². The number of nitrogens with one attached hydrogen (secondary N) is 1. The first-order valence-electron chi connectivity index (χ1n) is 7.79. The summed E-state index contributed by atoms with van der Waals surface area (Å²) in [5, 5.41) is 5.99. The molecule has 6 nitrogen and oxygen atoms in total. The van der Waals surface area contributed by atoms with Crippen LogP contribution in [0.25, 0.3) is 5.69 Å². The summed E-state index contributed by atoms with van der Waals surface area (Å²) in [5.74, 6) is -1.87. The SMILES string of the molecule is CC(C)(C)OC(=O)CNC(=O)c1cnn(-c2cccc(Cl)c2)c1C(F)(F)F. The standard InChI is InChI=1S/C17H17ClF3N3O3/c1-16(2,3)27-13(25)9-22-15(26)12-8-23-24(14(12)17(19,20)21)11-6-4-5-10(18)7-11/h4-8H,9H2,1-3H3,(H,22,26). The summed E-state index contributed by atoms with van der Waals surface area (Å²) in [6.07, 6.45) is -4.08. The van der Waals surface area contributed by atoms with Crippen molar-refractivity contribution in [2.75, 3.05) is 6.54 Å². The Morgan fingerprint density at radius 3 is 2.48 bits per heavy atom. The van der Waals surface area contributed by atoms with E-state index < -0.39 is 41.5 Å². The van der Waals surface area contributed by atoms with Gasteiger partial charge >= 0.3 is 12.1 Å². The first kappa shape index (κ1) is 20.8. The summed E-state index contributed by atoms with van der Waals surface area (Å²) in [5.41, 5.74) is -2.73. The molecule has 1 aromatic carbocycles. The van der Waals surface area contributed by atoms with Gasteiger partial charge in [0.25, 0.3) is 5.91 Å². The van der Waals surface area contributed by atoms with Crippen molar-refractivity contribution in [1.29, 1.82) is 0 Å². The fourth-order valence-corrected chi connectivity index (χ4v) is 2.40. The smallest absolute Gasteiger partial charge is 0.434 e. The predicted molar refractivity (Wildman–Crippen MR) is 91.8 cm³/mol. The van der Waals surface area contributed by atoms with E-state index in [1.807, 2.05) is 0 Å². The lowest BCUT2D eigenvalue weighted by molar-refractivity contribution is -0.153. The zero-order chi connectivity index (χ0) is 20.4. The van der Waals surface area contributed by atoms with Gasteiger partial charge in [-0.2, -0.15) is 18.3 Å². The van der Waals surface area contributed by atoms with Crippen LogP contribution in [0.4, 0.5) is 13.2 Å². The normalized spacial score (nSPS) is 12.0. The molecule has 0 fully saturated rings. The third kappa shape index (κ3) is 5.46. The van der Waals surface area contributed by atoms with E-state index in [1.165, 1.54) is 24.3 Å². The third-order valence-corrected chi connectivity index (χ3v) is 3.38. The number of amides is 1. The molecule has 146 valence electrons. The second kappa shape index (κ2) is 7.59. The van der Waals surface area contributed by atoms with Gasteiger partial charge in [0.05, 0.1) is 17.4 Å². The molecular weight excluding hydrogens is 387 g/mol. The largest absolute Gasteiger partial charge is 0.459 e. The fourth-order valence-electron chi connectivity index (χ4n) is 2.22. The molecule has 1 N–H and O–H groups in total. The van der Waals surface area contributed by atoms with Gasteiger partial charge in [0, 0.05) is 5.02 Å². The third-order valence-electron chi connectivity index (χ3n) is 3.15. The van der Waals surface area contributed by atoms with Gasteiger partial charge < -0.3 is 10.1 Å². The van der Waals surface area contributed by atoms with Gasteiger partial charge in [0.2, 0.25) is 0 Å². The molecule has 1 amide bonds. The number of alkyl halides is 3. The summed E-state index contributed by atoms with van der Waals surface area (Å²) in [4.78, 5) is 23.8. The number of carbonyl (C=O) groups is 2. The molecule has 10 heteroatoms. The number of nitrogens with zero attached hydrogens (tertiary/aromatic N) is 2. The molecule has 1 aromatic heterocycles. The van der Waals surface area contributed by atoms with Gasteiger partial charge in [-0.25, -0.2) is 4.68 Å². The lowest BCUT2D eigenvalue weighted by Gasteiger charge is -2.19. The van der Waals surface area contributed by atoms with Crippen molar-refractivity contribution < 1.29 is 27.5 Å². The van der Waals surface area contributed by atoms with E-state index in [0.29, 0.717) is 4.68 Å². The molecule has 0 bridgehead atoms. The molecule has 0 spiro atoms. The molecule has 0 unspecified atom stereocenters. The number of halogens is 4. The second-order valence-corrected chi connectivity index (χ2v) is 7.00. The van der Waals surface area contributed by atoms with Gasteiger partial charge in [-0.15, -0.1) is 0 Å². The molecule has 0 atom stereocenters. The van der Waals surface area contributed by atoms with Crippen molar-refractivity contribution in [1.82, 2.24) is 15.1 Å². The van der Waals surface area contributed by atoms with Crippen molar-refractivity contribution in [3.8, 4) is 5.69 Å². The Bertz CT molecular complexity index is 857. The minimum atomic E-state index is -4.86. The number of aromatic nitrogens is 2.